The first-order valence-corrected chi connectivity index (χ1v) is 12.1. The number of hydrogen-bond acceptors (Lipinski definition) is 9. The number of para-hydroxylation sites is 2. The molecule has 1 saturated carbocycles. The Kier molecular flexibility index (Phi) is 6.61. The summed E-state index contributed by atoms with van der Waals surface area (Å²) in [6, 6.07) is 15.2. The zero-order valence-corrected chi connectivity index (χ0v) is 20.5. The standard InChI is InChI=1S/C27H31N5O4/c1-14-8-10-17(11-9-14)15(2)28-27-29-16(3)22(26-31-19-6-4-5-7-21(19)36-26)25(32-27)30-20-12-18(13-33)23(34)24(20)35/h4-11,15,18,20,23-24,33-35H,12-13H2,1-3H3,(H2,28,29,30,32). The fourth-order valence-electron chi connectivity index (χ4n) is 4.73. The molecule has 5 atom stereocenters. The Morgan fingerprint density at radius 3 is 2.44 bits per heavy atom. The van der Waals surface area contributed by atoms with Gasteiger partial charge in [0.1, 0.15) is 23.0 Å². The van der Waals surface area contributed by atoms with Crippen molar-refractivity contribution in [3.63, 3.8) is 0 Å². The highest BCUT2D eigenvalue weighted by Crippen LogP contribution is 2.36. The maximum absolute atomic E-state index is 10.6. The highest BCUT2D eigenvalue weighted by atomic mass is 16.3. The number of rotatable bonds is 7. The maximum Gasteiger partial charge on any atom is 0.232 e. The normalized spacial score (nSPS) is 22.6. The van der Waals surface area contributed by atoms with E-state index in [1.165, 1.54) is 5.56 Å². The number of fused-ring (bicyclic) bond motifs is 1. The third-order valence-corrected chi connectivity index (χ3v) is 6.88. The molecule has 1 aliphatic carbocycles. The summed E-state index contributed by atoms with van der Waals surface area (Å²) < 4.78 is 6.03. The zero-order chi connectivity index (χ0) is 25.4. The predicted molar refractivity (Wildman–Crippen MR) is 138 cm³/mol. The van der Waals surface area contributed by atoms with E-state index in [1.54, 1.807) is 0 Å². The first kappa shape index (κ1) is 24.2. The Balaban J connectivity index is 1.53. The van der Waals surface area contributed by atoms with Gasteiger partial charge in [-0.25, -0.2) is 9.97 Å². The number of aromatic nitrogens is 3. The molecule has 0 bridgehead atoms. The second kappa shape index (κ2) is 9.85. The Hall–Kier alpha value is -3.53. The summed E-state index contributed by atoms with van der Waals surface area (Å²) in [7, 11) is 0. The van der Waals surface area contributed by atoms with Gasteiger partial charge >= 0.3 is 0 Å². The summed E-state index contributed by atoms with van der Waals surface area (Å²) in [6.45, 7) is 5.73. The van der Waals surface area contributed by atoms with E-state index in [9.17, 15) is 15.3 Å². The van der Waals surface area contributed by atoms with Crippen LogP contribution in [-0.2, 0) is 0 Å². The first-order chi connectivity index (χ1) is 17.3. The monoisotopic (exact) mass is 489 g/mol. The van der Waals surface area contributed by atoms with Crippen LogP contribution in [0.15, 0.2) is 52.9 Å². The van der Waals surface area contributed by atoms with Crippen LogP contribution in [0.25, 0.3) is 22.6 Å². The van der Waals surface area contributed by atoms with Gasteiger partial charge in [-0.15, -0.1) is 0 Å². The van der Waals surface area contributed by atoms with Crippen LogP contribution in [0.3, 0.4) is 0 Å². The number of oxazole rings is 1. The average Bonchev–Trinajstić information content (AvgIpc) is 3.40. The van der Waals surface area contributed by atoms with Gasteiger partial charge in [-0.1, -0.05) is 42.0 Å². The van der Waals surface area contributed by atoms with E-state index in [4.69, 9.17) is 9.40 Å². The molecule has 9 heteroatoms. The van der Waals surface area contributed by atoms with Crippen LogP contribution in [0, 0.1) is 19.8 Å². The summed E-state index contributed by atoms with van der Waals surface area (Å²) in [5.41, 5.74) is 4.86. The summed E-state index contributed by atoms with van der Waals surface area (Å²) in [5.74, 6) is 0.783. The van der Waals surface area contributed by atoms with Crippen LogP contribution in [0.1, 0.15) is 36.2 Å². The summed E-state index contributed by atoms with van der Waals surface area (Å²) in [4.78, 5) is 14.1. The molecule has 5 unspecified atom stereocenters. The van der Waals surface area contributed by atoms with Gasteiger partial charge in [0.25, 0.3) is 0 Å². The van der Waals surface area contributed by atoms with Gasteiger partial charge in [-0.3, -0.25) is 0 Å². The van der Waals surface area contributed by atoms with Crippen LogP contribution < -0.4 is 10.6 Å². The van der Waals surface area contributed by atoms with E-state index in [2.05, 4.69) is 44.9 Å². The Bertz CT molecular complexity index is 1320. The quantitative estimate of drug-likeness (QED) is 0.264. The SMILES string of the molecule is Cc1ccc(C(C)Nc2nc(C)c(-c3nc4ccccc4o3)c(NC3CC(CO)C(O)C3O)n2)cc1. The van der Waals surface area contributed by atoms with Crippen LogP contribution in [-0.4, -0.2) is 55.1 Å². The molecule has 188 valence electrons. The van der Waals surface area contributed by atoms with Crippen LogP contribution in [0.5, 0.6) is 0 Å². The molecule has 0 aliphatic heterocycles. The van der Waals surface area contributed by atoms with Gasteiger partial charge in [0.05, 0.1) is 23.9 Å². The summed E-state index contributed by atoms with van der Waals surface area (Å²) in [6.07, 6.45) is -1.70. The zero-order valence-electron chi connectivity index (χ0n) is 20.5. The van der Waals surface area contributed by atoms with Crippen molar-refractivity contribution in [1.29, 1.82) is 0 Å². The molecule has 5 rings (SSSR count). The molecule has 1 fully saturated rings. The van der Waals surface area contributed by atoms with Gasteiger partial charge in [0.15, 0.2) is 5.58 Å². The minimum absolute atomic E-state index is 0.0503. The highest BCUT2D eigenvalue weighted by Gasteiger charge is 2.41. The lowest BCUT2D eigenvalue weighted by Gasteiger charge is -2.22. The minimum Gasteiger partial charge on any atom is -0.436 e. The molecule has 0 amide bonds. The van der Waals surface area contributed by atoms with Gasteiger partial charge in [-0.2, -0.15) is 4.98 Å². The van der Waals surface area contributed by atoms with E-state index in [-0.39, 0.29) is 12.6 Å². The van der Waals surface area contributed by atoms with E-state index < -0.39 is 24.2 Å². The third kappa shape index (κ3) is 4.65. The van der Waals surface area contributed by atoms with Crippen molar-refractivity contribution >= 4 is 22.9 Å². The summed E-state index contributed by atoms with van der Waals surface area (Å²) in [5, 5.41) is 37.2. The van der Waals surface area contributed by atoms with Crippen LogP contribution in [0.2, 0.25) is 0 Å². The lowest BCUT2D eigenvalue weighted by molar-refractivity contribution is 0.00446. The topological polar surface area (TPSA) is 137 Å². The van der Waals surface area contributed by atoms with Gasteiger partial charge in [-0.05, 0) is 44.9 Å². The molecule has 2 heterocycles. The number of hydrogen-bond donors (Lipinski definition) is 5. The smallest absolute Gasteiger partial charge is 0.232 e. The number of nitrogens with zero attached hydrogens (tertiary/aromatic N) is 3. The predicted octanol–water partition coefficient (Wildman–Crippen LogP) is 3.59. The molecule has 5 N–H and O–H groups in total. The van der Waals surface area contributed by atoms with Crippen LogP contribution in [0.4, 0.5) is 11.8 Å². The minimum atomic E-state index is -1.06. The Labute approximate surface area is 209 Å². The van der Waals surface area contributed by atoms with Gasteiger partial charge < -0.3 is 30.4 Å². The number of aliphatic hydroxyl groups excluding tert-OH is 3. The average molecular weight is 490 g/mol. The second-order valence-electron chi connectivity index (χ2n) is 9.53. The molecule has 36 heavy (non-hydrogen) atoms. The first-order valence-electron chi connectivity index (χ1n) is 12.1. The molecule has 2 aromatic carbocycles. The molecule has 9 nitrogen and oxygen atoms in total. The van der Waals surface area contributed by atoms with Crippen molar-refractivity contribution in [2.45, 2.75) is 51.5 Å². The largest absolute Gasteiger partial charge is 0.436 e. The van der Waals surface area contributed by atoms with Crippen molar-refractivity contribution in [3.8, 4) is 11.5 Å². The lowest BCUT2D eigenvalue weighted by Crippen LogP contribution is -2.35. The second-order valence-corrected chi connectivity index (χ2v) is 9.53. The lowest BCUT2D eigenvalue weighted by atomic mass is 10.1. The number of aryl methyl sites for hydroxylation is 2. The van der Waals surface area contributed by atoms with E-state index in [1.807, 2.05) is 45.0 Å². The van der Waals surface area contributed by atoms with Crippen molar-refractivity contribution < 1.29 is 19.7 Å². The molecule has 0 saturated heterocycles. The van der Waals surface area contributed by atoms with Gasteiger partial charge in [0, 0.05) is 12.5 Å². The molecular formula is C27H31N5O4. The fourth-order valence-corrected chi connectivity index (χ4v) is 4.73. The number of anilines is 2. The Morgan fingerprint density at radius 1 is 1.00 bits per heavy atom. The Morgan fingerprint density at radius 2 is 1.75 bits per heavy atom. The highest BCUT2D eigenvalue weighted by molar-refractivity contribution is 5.80. The molecular weight excluding hydrogens is 458 g/mol. The number of benzene rings is 2. The number of nitrogens with one attached hydrogen (secondary N) is 2. The summed E-state index contributed by atoms with van der Waals surface area (Å²) >= 11 is 0. The third-order valence-electron chi connectivity index (χ3n) is 6.88. The van der Waals surface area contributed by atoms with Crippen molar-refractivity contribution in [2.24, 2.45) is 5.92 Å². The maximum atomic E-state index is 10.6. The fraction of sp³-hybridized carbons (Fsp3) is 0.370. The van der Waals surface area contributed by atoms with Gasteiger partial charge in [0.2, 0.25) is 11.8 Å². The van der Waals surface area contributed by atoms with Crippen molar-refractivity contribution in [1.82, 2.24) is 15.0 Å². The molecule has 1 aliphatic rings. The van der Waals surface area contributed by atoms with Crippen molar-refractivity contribution in [3.05, 3.63) is 65.4 Å². The van der Waals surface area contributed by atoms with Crippen molar-refractivity contribution in [2.75, 3.05) is 17.2 Å². The number of aliphatic hydroxyl groups is 3. The molecule has 0 radical (unpaired) electrons. The van der Waals surface area contributed by atoms with E-state index in [0.717, 1.165) is 5.56 Å². The van der Waals surface area contributed by atoms with Crippen LogP contribution >= 0.6 is 0 Å². The molecule has 2 aromatic heterocycles. The van der Waals surface area contributed by atoms with E-state index in [0.29, 0.717) is 46.4 Å². The molecule has 0 spiro atoms. The molecule has 4 aromatic rings. The van der Waals surface area contributed by atoms with E-state index >= 15 is 0 Å².